The summed E-state index contributed by atoms with van der Waals surface area (Å²) in [6.45, 7) is 13.7. The molecule has 0 spiro atoms. The summed E-state index contributed by atoms with van der Waals surface area (Å²) >= 11 is 0. The Morgan fingerprint density at radius 2 is 1.23 bits per heavy atom. The van der Waals surface area contributed by atoms with Crippen molar-refractivity contribution in [2.45, 2.75) is 52.4 Å². The predicted octanol–water partition coefficient (Wildman–Crippen LogP) is 12.6. The van der Waals surface area contributed by atoms with Crippen LogP contribution in [0.25, 0.3) is 55.4 Å². The van der Waals surface area contributed by atoms with Gasteiger partial charge in [0.25, 0.3) is 0 Å². The molecule has 0 fully saturated rings. The number of benzene rings is 5. The molecule has 0 aliphatic rings. The van der Waals surface area contributed by atoms with Gasteiger partial charge < -0.3 is 9.88 Å². The fourth-order valence-electron chi connectivity index (χ4n) is 6.84. The number of aromatic nitrogens is 3. The molecule has 5 heteroatoms. The Hall–Kier alpha value is -5.31. The summed E-state index contributed by atoms with van der Waals surface area (Å²) in [7, 11) is 0. The van der Waals surface area contributed by atoms with E-state index < -0.39 is 0 Å². The van der Waals surface area contributed by atoms with Crippen molar-refractivity contribution in [3.05, 3.63) is 163 Å². The second-order valence-corrected chi connectivity index (χ2v) is 15.6. The Bertz CT molecular complexity index is 2470. The molecule has 0 atom stereocenters. The molecule has 0 aliphatic carbocycles. The largest absolute Gasteiger partial charge is 2.00 e. The van der Waals surface area contributed by atoms with Crippen LogP contribution >= 0.6 is 0 Å². The first-order valence-corrected chi connectivity index (χ1v) is 17.9. The number of fused-ring (bicyclic) bond motifs is 3. The molecule has 0 unspecified atom stereocenters. The second kappa shape index (κ2) is 14.3. The van der Waals surface area contributed by atoms with Crippen molar-refractivity contribution in [3.8, 4) is 33.6 Å². The Balaban J connectivity index is 0.00000435. The maximum Gasteiger partial charge on any atom is 2.00 e. The van der Waals surface area contributed by atoms with Gasteiger partial charge in [-0.05, 0) is 91.1 Å². The van der Waals surface area contributed by atoms with Crippen LogP contribution < -0.4 is 9.88 Å². The van der Waals surface area contributed by atoms with Gasteiger partial charge in [-0.15, -0.1) is 40.9 Å². The number of anilines is 3. The zero-order valence-electron chi connectivity index (χ0n) is 31.0. The van der Waals surface area contributed by atoms with E-state index in [4.69, 9.17) is 15.0 Å². The minimum atomic E-state index is -0.0198. The Labute approximate surface area is 327 Å². The van der Waals surface area contributed by atoms with E-state index in [0.717, 1.165) is 67.1 Å². The molecule has 0 bridgehead atoms. The number of hydrogen-bond acceptors (Lipinski definition) is 3. The fraction of sp³-hybridized carbons (Fsp3) is 0.167. The predicted molar refractivity (Wildman–Crippen MR) is 218 cm³/mol. The molecule has 3 aromatic heterocycles. The Morgan fingerprint density at radius 1 is 0.585 bits per heavy atom. The zero-order chi connectivity index (χ0) is 36.0. The zero-order valence-corrected chi connectivity index (χ0v) is 33.2. The summed E-state index contributed by atoms with van der Waals surface area (Å²) in [6.07, 6.45) is 1.83. The Morgan fingerprint density at radius 3 is 1.94 bits per heavy atom. The average molecular weight is 870 g/mol. The monoisotopic (exact) mass is 869 g/mol. The fourth-order valence-corrected chi connectivity index (χ4v) is 6.84. The Kier molecular flexibility index (Phi) is 9.70. The molecule has 8 aromatic rings. The van der Waals surface area contributed by atoms with Gasteiger partial charge in [-0.25, -0.2) is 4.98 Å². The topological polar surface area (TPSA) is 43.1 Å². The van der Waals surface area contributed by atoms with Crippen LogP contribution in [0.4, 0.5) is 17.2 Å². The third-order valence-electron chi connectivity index (χ3n) is 9.75. The normalized spacial score (nSPS) is 11.8. The van der Waals surface area contributed by atoms with Crippen molar-refractivity contribution in [3.63, 3.8) is 0 Å². The molecule has 0 amide bonds. The van der Waals surface area contributed by atoms with Crippen LogP contribution in [-0.4, -0.2) is 9.97 Å². The van der Waals surface area contributed by atoms with Crippen LogP contribution in [0.3, 0.4) is 0 Å². The number of hydrogen-bond donors (Lipinski definition) is 0. The second-order valence-electron chi connectivity index (χ2n) is 15.6. The molecule has 4 nitrogen and oxygen atoms in total. The van der Waals surface area contributed by atoms with Crippen molar-refractivity contribution in [1.29, 1.82) is 0 Å². The molecule has 0 saturated carbocycles. The molecule has 3 heterocycles. The molecule has 0 N–H and O–H groups in total. The van der Waals surface area contributed by atoms with Gasteiger partial charge in [0.1, 0.15) is 5.82 Å². The number of para-hydroxylation sites is 3. The van der Waals surface area contributed by atoms with Crippen molar-refractivity contribution in [2.24, 2.45) is 0 Å². The molecular weight excluding hydrogens is 828 g/mol. The summed E-state index contributed by atoms with van der Waals surface area (Å²) in [6, 6.07) is 52.6. The van der Waals surface area contributed by atoms with Gasteiger partial charge in [0.15, 0.2) is 0 Å². The average Bonchev–Trinajstić information content (AvgIpc) is 3.54. The number of rotatable bonds is 6. The van der Waals surface area contributed by atoms with Crippen LogP contribution in [0.2, 0.25) is 0 Å². The minimum absolute atomic E-state index is 0. The summed E-state index contributed by atoms with van der Waals surface area (Å²) in [5.74, 6) is 0.819. The molecular formula is C48H42N4Pt. The van der Waals surface area contributed by atoms with E-state index in [9.17, 15) is 0 Å². The first kappa shape index (κ1) is 36.1. The number of nitrogens with zero attached hydrogens (tertiary/aromatic N) is 4. The third kappa shape index (κ3) is 7.21. The van der Waals surface area contributed by atoms with Gasteiger partial charge in [-0.2, -0.15) is 0 Å². The van der Waals surface area contributed by atoms with Crippen LogP contribution in [0.15, 0.2) is 146 Å². The molecule has 53 heavy (non-hydrogen) atoms. The van der Waals surface area contributed by atoms with E-state index in [1.54, 1.807) is 0 Å². The quantitative estimate of drug-likeness (QED) is 0.156. The molecule has 5 aromatic carbocycles. The van der Waals surface area contributed by atoms with Crippen LogP contribution in [0.1, 0.15) is 52.7 Å². The van der Waals surface area contributed by atoms with E-state index >= 15 is 0 Å². The van der Waals surface area contributed by atoms with Crippen molar-refractivity contribution >= 4 is 39.0 Å². The van der Waals surface area contributed by atoms with E-state index in [1.807, 2.05) is 48.7 Å². The van der Waals surface area contributed by atoms with E-state index in [1.165, 1.54) is 16.7 Å². The van der Waals surface area contributed by atoms with Crippen molar-refractivity contribution in [2.75, 3.05) is 4.90 Å². The van der Waals surface area contributed by atoms with E-state index in [-0.39, 0.29) is 31.9 Å². The molecule has 264 valence electrons. The minimum Gasteiger partial charge on any atom is -0.656 e. The van der Waals surface area contributed by atoms with Crippen LogP contribution in [-0.2, 0) is 31.9 Å². The summed E-state index contributed by atoms with van der Waals surface area (Å²) < 4.78 is 0. The first-order chi connectivity index (χ1) is 25.0. The first-order valence-electron chi connectivity index (χ1n) is 17.9. The third-order valence-corrected chi connectivity index (χ3v) is 9.75. The maximum absolute atomic E-state index is 5.40. The molecule has 0 radical (unpaired) electrons. The van der Waals surface area contributed by atoms with Crippen molar-refractivity contribution in [1.82, 2.24) is 15.0 Å². The SMILES string of the molecule is CC(C)(C)c1cc(-c2cc(-c3[c-]c(N(c4ccccc4)c4ccccn4)ccc3)nc(-c3cccc4c3[n-]c3ccccc34)c2)cc(C(C)(C)C)c1.[Pt+2]. The standard InChI is InChI=1S/C48H42N4.Pt/c1-47(2,3)35-26-33(27-36(31-35)48(4,5)6)34-29-43(50-44(30-34)41-22-15-21-40-39-20-10-11-23-42(39)51-46(40)41)32-16-14-19-38(28-32)52(37-17-8-7-9-18-37)45-24-12-13-25-49-45;/h7-27,29-31H,1-6H3;/q-2;+2. The number of pyridine rings is 2. The summed E-state index contributed by atoms with van der Waals surface area (Å²) in [5.41, 5.74) is 12.3. The van der Waals surface area contributed by atoms with Gasteiger partial charge >= 0.3 is 21.1 Å². The molecule has 0 saturated heterocycles. The van der Waals surface area contributed by atoms with Crippen LogP contribution in [0, 0.1) is 6.07 Å². The molecule has 0 aliphatic heterocycles. The van der Waals surface area contributed by atoms with Gasteiger partial charge in [-0.1, -0.05) is 133 Å². The van der Waals surface area contributed by atoms with E-state index in [2.05, 4.69) is 150 Å². The summed E-state index contributed by atoms with van der Waals surface area (Å²) in [5, 5.41) is 2.29. The van der Waals surface area contributed by atoms with Crippen LogP contribution in [0.5, 0.6) is 0 Å². The molecule has 8 rings (SSSR count). The van der Waals surface area contributed by atoms with Gasteiger partial charge in [0.2, 0.25) is 0 Å². The smallest absolute Gasteiger partial charge is 0.656 e. The van der Waals surface area contributed by atoms with E-state index in [0.29, 0.717) is 0 Å². The summed E-state index contributed by atoms with van der Waals surface area (Å²) in [4.78, 5) is 17.4. The van der Waals surface area contributed by atoms with Gasteiger partial charge in [0, 0.05) is 11.9 Å². The van der Waals surface area contributed by atoms with Gasteiger partial charge in [-0.3, -0.25) is 4.98 Å². The van der Waals surface area contributed by atoms with Crippen molar-refractivity contribution < 1.29 is 21.1 Å². The maximum atomic E-state index is 5.40. The van der Waals surface area contributed by atoms with Gasteiger partial charge in [0.05, 0.1) is 5.69 Å².